The van der Waals surface area contributed by atoms with E-state index in [1.807, 2.05) is 96.2 Å². The third kappa shape index (κ3) is 11.0. The molecule has 164 valence electrons. The fourth-order valence-corrected chi connectivity index (χ4v) is 2.56. The van der Waals surface area contributed by atoms with Crippen LogP contribution in [-0.2, 0) is 9.47 Å². The second-order valence-corrected chi connectivity index (χ2v) is 6.81. The highest BCUT2D eigenvalue weighted by Gasteiger charge is 2.24. The first kappa shape index (κ1) is 27.1. The molecule has 0 radical (unpaired) electrons. The van der Waals surface area contributed by atoms with Crippen molar-refractivity contribution in [3.63, 3.8) is 0 Å². The van der Waals surface area contributed by atoms with Gasteiger partial charge in [-0.3, -0.25) is 0 Å². The summed E-state index contributed by atoms with van der Waals surface area (Å²) >= 11 is 0. The molecule has 0 aliphatic rings. The molecule has 0 fully saturated rings. The lowest BCUT2D eigenvalue weighted by Crippen LogP contribution is -2.38. The van der Waals surface area contributed by atoms with Gasteiger partial charge in [-0.1, -0.05) is 63.3 Å². The lowest BCUT2D eigenvalue weighted by Gasteiger charge is -2.27. The van der Waals surface area contributed by atoms with Gasteiger partial charge in [0.05, 0.1) is 6.10 Å². The molecular weight excluding hydrogens is 364 g/mol. The van der Waals surface area contributed by atoms with Crippen molar-refractivity contribution in [2.75, 3.05) is 13.7 Å². The largest absolute Gasteiger partial charge is 0.488 e. The van der Waals surface area contributed by atoms with Crippen molar-refractivity contribution in [3.05, 3.63) is 65.8 Å². The van der Waals surface area contributed by atoms with Crippen LogP contribution >= 0.6 is 0 Å². The Morgan fingerprint density at radius 3 is 2.28 bits per heavy atom. The molecule has 0 bridgehead atoms. The van der Waals surface area contributed by atoms with Gasteiger partial charge in [0.15, 0.2) is 5.79 Å². The third-order valence-corrected chi connectivity index (χ3v) is 4.14. The number of benzene rings is 1. The maximum absolute atomic E-state index is 10.3. The zero-order chi connectivity index (χ0) is 22.3. The summed E-state index contributed by atoms with van der Waals surface area (Å²) < 4.78 is 16.9. The molecule has 1 rings (SSSR count). The summed E-state index contributed by atoms with van der Waals surface area (Å²) in [7, 11) is 1.70. The SMILES string of the molecule is CC.C\C=C/C=C\C=C(/C)C(OC)c1ccc(OCC(C)(O)OC(C)CC)cc1. The zero-order valence-corrected chi connectivity index (χ0v) is 19.4. The van der Waals surface area contributed by atoms with Crippen molar-refractivity contribution in [1.29, 1.82) is 0 Å². The van der Waals surface area contributed by atoms with Crippen LogP contribution in [0.1, 0.15) is 66.6 Å². The number of hydrogen-bond acceptors (Lipinski definition) is 4. The Morgan fingerprint density at radius 1 is 1.14 bits per heavy atom. The van der Waals surface area contributed by atoms with E-state index in [4.69, 9.17) is 14.2 Å². The van der Waals surface area contributed by atoms with Crippen molar-refractivity contribution in [3.8, 4) is 5.75 Å². The maximum Gasteiger partial charge on any atom is 0.197 e. The smallest absolute Gasteiger partial charge is 0.197 e. The minimum atomic E-state index is -1.32. The molecule has 0 heterocycles. The standard InChI is InChI=1S/C23H34O4.C2H6/c1-7-9-10-11-12-18(3)22(25-6)20-13-15-21(16-14-20)26-17-23(5,24)27-19(4)8-2;1-2/h7,9-16,19,22,24H,8,17H2,1-6H3;1-2H3/b9-7-,11-10-,18-12+;. The summed E-state index contributed by atoms with van der Waals surface area (Å²) in [5.41, 5.74) is 2.15. The summed E-state index contributed by atoms with van der Waals surface area (Å²) in [6.07, 6.45) is 10.7. The molecule has 0 spiro atoms. The first-order valence-corrected chi connectivity index (χ1v) is 10.4. The Morgan fingerprint density at radius 2 is 1.76 bits per heavy atom. The van der Waals surface area contributed by atoms with Gasteiger partial charge in [0.25, 0.3) is 0 Å². The number of aliphatic hydroxyl groups is 1. The van der Waals surface area contributed by atoms with Gasteiger partial charge in [-0.15, -0.1) is 0 Å². The van der Waals surface area contributed by atoms with Crippen LogP contribution in [0.2, 0.25) is 0 Å². The normalized spacial score (nSPS) is 16.2. The van der Waals surface area contributed by atoms with Crippen LogP contribution in [0, 0.1) is 0 Å². The summed E-state index contributed by atoms with van der Waals surface area (Å²) in [5.74, 6) is -0.641. The summed E-state index contributed by atoms with van der Waals surface area (Å²) in [6, 6.07) is 7.70. The van der Waals surface area contributed by atoms with Crippen LogP contribution in [0.25, 0.3) is 0 Å². The van der Waals surface area contributed by atoms with Crippen LogP contribution in [0.15, 0.2) is 60.2 Å². The minimum Gasteiger partial charge on any atom is -0.488 e. The summed E-state index contributed by atoms with van der Waals surface area (Å²) in [6.45, 7) is 13.7. The van der Waals surface area contributed by atoms with Crippen molar-refractivity contribution in [2.45, 2.75) is 72.9 Å². The summed E-state index contributed by atoms with van der Waals surface area (Å²) in [5, 5.41) is 10.3. The molecule has 3 unspecified atom stereocenters. The molecule has 29 heavy (non-hydrogen) atoms. The van der Waals surface area contributed by atoms with E-state index in [1.54, 1.807) is 14.0 Å². The molecule has 4 nitrogen and oxygen atoms in total. The highest BCUT2D eigenvalue weighted by Crippen LogP contribution is 2.27. The average molecular weight is 405 g/mol. The van der Waals surface area contributed by atoms with E-state index in [1.165, 1.54) is 0 Å². The van der Waals surface area contributed by atoms with E-state index in [0.717, 1.165) is 17.6 Å². The maximum atomic E-state index is 10.3. The third-order valence-electron chi connectivity index (χ3n) is 4.14. The Hall–Kier alpha value is -1.88. The fourth-order valence-electron chi connectivity index (χ4n) is 2.56. The molecule has 0 aliphatic heterocycles. The number of allylic oxidation sites excluding steroid dienone is 5. The Bertz CT molecular complexity index is 627. The van der Waals surface area contributed by atoms with Gasteiger partial charge in [0.1, 0.15) is 18.5 Å². The predicted molar refractivity (Wildman–Crippen MR) is 122 cm³/mol. The van der Waals surface area contributed by atoms with Gasteiger partial charge >= 0.3 is 0 Å². The molecule has 1 aromatic carbocycles. The van der Waals surface area contributed by atoms with E-state index in [-0.39, 0.29) is 18.8 Å². The second kappa shape index (κ2) is 15.0. The van der Waals surface area contributed by atoms with Gasteiger partial charge in [-0.05, 0) is 57.4 Å². The molecule has 3 atom stereocenters. The Balaban J connectivity index is 0.00000379. The quantitative estimate of drug-likeness (QED) is 0.343. The van der Waals surface area contributed by atoms with E-state index < -0.39 is 5.79 Å². The molecule has 0 aliphatic carbocycles. The topological polar surface area (TPSA) is 47.9 Å². The minimum absolute atomic E-state index is 0.0231. The van der Waals surface area contributed by atoms with Gasteiger partial charge in [0.2, 0.25) is 0 Å². The van der Waals surface area contributed by atoms with Crippen molar-refractivity contribution < 1.29 is 19.3 Å². The predicted octanol–water partition coefficient (Wildman–Crippen LogP) is 6.38. The average Bonchev–Trinajstić information content (AvgIpc) is 2.72. The van der Waals surface area contributed by atoms with Gasteiger partial charge < -0.3 is 19.3 Å². The van der Waals surface area contributed by atoms with Crippen molar-refractivity contribution >= 4 is 0 Å². The monoisotopic (exact) mass is 404 g/mol. The molecule has 0 saturated carbocycles. The molecule has 1 aromatic rings. The van der Waals surface area contributed by atoms with Crippen LogP contribution < -0.4 is 4.74 Å². The molecule has 1 N–H and O–H groups in total. The highest BCUT2D eigenvalue weighted by molar-refractivity contribution is 5.33. The highest BCUT2D eigenvalue weighted by atomic mass is 16.7. The fraction of sp³-hybridized carbons (Fsp3) is 0.520. The molecule has 0 amide bonds. The van der Waals surface area contributed by atoms with E-state index >= 15 is 0 Å². The Labute approximate surface area is 177 Å². The molecular formula is C25H40O4. The first-order valence-electron chi connectivity index (χ1n) is 10.4. The summed E-state index contributed by atoms with van der Waals surface area (Å²) in [4.78, 5) is 0. The van der Waals surface area contributed by atoms with Gasteiger partial charge in [-0.2, -0.15) is 0 Å². The number of ether oxygens (including phenoxy) is 3. The van der Waals surface area contributed by atoms with E-state index in [9.17, 15) is 5.11 Å². The number of methoxy groups -OCH3 is 1. The lowest BCUT2D eigenvalue weighted by atomic mass is 10.0. The van der Waals surface area contributed by atoms with Crippen LogP contribution in [-0.4, -0.2) is 30.7 Å². The molecule has 4 heteroatoms. The van der Waals surface area contributed by atoms with Crippen molar-refractivity contribution in [2.24, 2.45) is 0 Å². The van der Waals surface area contributed by atoms with Crippen LogP contribution in [0.3, 0.4) is 0 Å². The van der Waals surface area contributed by atoms with Crippen molar-refractivity contribution in [1.82, 2.24) is 0 Å². The molecule has 0 aromatic heterocycles. The lowest BCUT2D eigenvalue weighted by molar-refractivity contribution is -0.228. The molecule has 0 saturated heterocycles. The number of rotatable bonds is 11. The van der Waals surface area contributed by atoms with Gasteiger partial charge in [0, 0.05) is 7.11 Å². The van der Waals surface area contributed by atoms with E-state index in [2.05, 4.69) is 0 Å². The second-order valence-electron chi connectivity index (χ2n) is 6.81. The number of hydrogen-bond donors (Lipinski definition) is 1. The van der Waals surface area contributed by atoms with Crippen LogP contribution in [0.5, 0.6) is 5.75 Å². The van der Waals surface area contributed by atoms with Crippen LogP contribution in [0.4, 0.5) is 0 Å². The Kier molecular flexibility index (Phi) is 14.1. The zero-order valence-electron chi connectivity index (χ0n) is 19.4. The van der Waals surface area contributed by atoms with Gasteiger partial charge in [-0.25, -0.2) is 0 Å². The first-order chi connectivity index (χ1) is 13.8. The van der Waals surface area contributed by atoms with E-state index in [0.29, 0.717) is 5.75 Å².